The zero-order chi connectivity index (χ0) is 14.4. The van der Waals surface area contributed by atoms with Crippen LogP contribution in [0.25, 0.3) is 11.3 Å². The van der Waals surface area contributed by atoms with Gasteiger partial charge in [-0.15, -0.1) is 0 Å². The highest BCUT2D eigenvalue weighted by Gasteiger charge is 2.09. The first-order chi connectivity index (χ1) is 9.74. The molecule has 4 nitrogen and oxygen atoms in total. The smallest absolute Gasteiger partial charge is 0.321 e. The zero-order valence-corrected chi connectivity index (χ0v) is 11.8. The summed E-state index contributed by atoms with van der Waals surface area (Å²) in [6.45, 7) is 5.30. The van der Waals surface area contributed by atoms with E-state index in [2.05, 4.69) is 10.3 Å². The number of nitrogens with one attached hydrogen (secondary N) is 1. The predicted octanol–water partition coefficient (Wildman–Crippen LogP) is 3.62. The number of pyridine rings is 1. The molecule has 2 rings (SSSR count). The standard InChI is InChI=1S/C16H19N3O/c1-3-19(4-2)16(20)18-14-10-11-15(17-12-14)13-8-6-5-7-9-13/h5-12H,3-4H2,1-2H3,(H,18,20). The third-order valence-electron chi connectivity index (χ3n) is 3.13. The molecule has 0 saturated carbocycles. The molecule has 0 unspecified atom stereocenters. The summed E-state index contributed by atoms with van der Waals surface area (Å²) in [5, 5.41) is 2.85. The number of benzene rings is 1. The van der Waals surface area contributed by atoms with E-state index >= 15 is 0 Å². The predicted molar refractivity (Wildman–Crippen MR) is 81.6 cm³/mol. The molecule has 4 heteroatoms. The van der Waals surface area contributed by atoms with Crippen molar-refractivity contribution in [3.63, 3.8) is 0 Å². The fourth-order valence-electron chi connectivity index (χ4n) is 1.96. The summed E-state index contributed by atoms with van der Waals surface area (Å²) < 4.78 is 0. The molecule has 0 atom stereocenters. The van der Waals surface area contributed by atoms with Crippen molar-refractivity contribution in [3.8, 4) is 11.3 Å². The van der Waals surface area contributed by atoms with Crippen LogP contribution in [0.4, 0.5) is 10.5 Å². The fraction of sp³-hybridized carbons (Fsp3) is 0.250. The van der Waals surface area contributed by atoms with E-state index in [1.165, 1.54) is 0 Å². The average Bonchev–Trinajstić information content (AvgIpc) is 2.50. The zero-order valence-electron chi connectivity index (χ0n) is 11.8. The van der Waals surface area contributed by atoms with Crippen molar-refractivity contribution in [1.29, 1.82) is 0 Å². The molecule has 2 amide bonds. The van der Waals surface area contributed by atoms with Crippen molar-refractivity contribution < 1.29 is 4.79 Å². The minimum Gasteiger partial charge on any atom is -0.325 e. The topological polar surface area (TPSA) is 45.2 Å². The molecule has 1 aromatic carbocycles. The van der Waals surface area contributed by atoms with Gasteiger partial charge in [-0.1, -0.05) is 30.3 Å². The number of aromatic nitrogens is 1. The van der Waals surface area contributed by atoms with E-state index < -0.39 is 0 Å². The molecule has 104 valence electrons. The summed E-state index contributed by atoms with van der Waals surface area (Å²) in [5.74, 6) is 0. The Morgan fingerprint density at radius 1 is 1.10 bits per heavy atom. The van der Waals surface area contributed by atoms with E-state index in [9.17, 15) is 4.79 Å². The van der Waals surface area contributed by atoms with Crippen molar-refractivity contribution in [2.75, 3.05) is 18.4 Å². The molecule has 2 aromatic rings. The van der Waals surface area contributed by atoms with Crippen molar-refractivity contribution in [2.24, 2.45) is 0 Å². The van der Waals surface area contributed by atoms with Crippen LogP contribution < -0.4 is 5.32 Å². The van der Waals surface area contributed by atoms with Crippen LogP contribution in [0.5, 0.6) is 0 Å². The van der Waals surface area contributed by atoms with E-state index in [4.69, 9.17) is 0 Å². The lowest BCUT2D eigenvalue weighted by Gasteiger charge is -2.19. The van der Waals surface area contributed by atoms with Gasteiger partial charge in [0.05, 0.1) is 17.6 Å². The summed E-state index contributed by atoms with van der Waals surface area (Å²) in [6, 6.07) is 13.6. The number of hydrogen-bond acceptors (Lipinski definition) is 2. The first kappa shape index (κ1) is 14.1. The lowest BCUT2D eigenvalue weighted by Crippen LogP contribution is -2.34. The molecule has 20 heavy (non-hydrogen) atoms. The van der Waals surface area contributed by atoms with Crippen LogP contribution in [0.3, 0.4) is 0 Å². The Bertz CT molecular complexity index is 548. The van der Waals surface area contributed by atoms with E-state index in [-0.39, 0.29) is 6.03 Å². The maximum atomic E-state index is 11.9. The van der Waals surface area contributed by atoms with Gasteiger partial charge >= 0.3 is 6.03 Å². The lowest BCUT2D eigenvalue weighted by atomic mass is 10.1. The third kappa shape index (κ3) is 3.35. The lowest BCUT2D eigenvalue weighted by molar-refractivity contribution is 0.217. The normalized spacial score (nSPS) is 10.1. The van der Waals surface area contributed by atoms with Gasteiger partial charge in [-0.3, -0.25) is 4.98 Å². The van der Waals surface area contributed by atoms with Gasteiger partial charge in [0.1, 0.15) is 0 Å². The fourth-order valence-corrected chi connectivity index (χ4v) is 1.96. The number of nitrogens with zero attached hydrogens (tertiary/aromatic N) is 2. The Kier molecular flexibility index (Phi) is 4.71. The Labute approximate surface area is 119 Å². The monoisotopic (exact) mass is 269 g/mol. The largest absolute Gasteiger partial charge is 0.325 e. The summed E-state index contributed by atoms with van der Waals surface area (Å²) >= 11 is 0. The molecule has 0 aliphatic heterocycles. The number of amides is 2. The van der Waals surface area contributed by atoms with Crippen LogP contribution in [-0.2, 0) is 0 Å². The molecule has 0 aliphatic carbocycles. The number of carbonyl (C=O) groups is 1. The number of rotatable bonds is 4. The Morgan fingerprint density at radius 3 is 2.35 bits per heavy atom. The highest BCUT2D eigenvalue weighted by Crippen LogP contribution is 2.18. The molecule has 0 radical (unpaired) electrons. The number of urea groups is 1. The number of anilines is 1. The first-order valence-electron chi connectivity index (χ1n) is 6.82. The van der Waals surface area contributed by atoms with Crippen LogP contribution in [0.1, 0.15) is 13.8 Å². The highest BCUT2D eigenvalue weighted by molar-refractivity contribution is 5.89. The van der Waals surface area contributed by atoms with Crippen molar-refractivity contribution in [2.45, 2.75) is 13.8 Å². The van der Waals surface area contributed by atoms with Gasteiger partial charge in [0.2, 0.25) is 0 Å². The second kappa shape index (κ2) is 6.70. The third-order valence-corrected chi connectivity index (χ3v) is 3.13. The van der Waals surface area contributed by atoms with E-state index in [1.54, 1.807) is 11.1 Å². The Hall–Kier alpha value is -2.36. The highest BCUT2D eigenvalue weighted by atomic mass is 16.2. The second-order valence-corrected chi connectivity index (χ2v) is 4.40. The van der Waals surface area contributed by atoms with Crippen molar-refractivity contribution in [3.05, 3.63) is 48.7 Å². The Balaban J connectivity index is 2.07. The first-order valence-corrected chi connectivity index (χ1v) is 6.82. The van der Waals surface area contributed by atoms with Crippen LogP contribution in [0.15, 0.2) is 48.7 Å². The van der Waals surface area contributed by atoms with E-state index in [1.807, 2.05) is 56.3 Å². The summed E-state index contributed by atoms with van der Waals surface area (Å²) in [4.78, 5) is 18.0. The molecule has 0 aliphatic rings. The van der Waals surface area contributed by atoms with Gasteiger partial charge in [0, 0.05) is 18.7 Å². The van der Waals surface area contributed by atoms with Crippen molar-refractivity contribution >= 4 is 11.7 Å². The summed E-state index contributed by atoms with van der Waals surface area (Å²) in [6.07, 6.45) is 1.68. The molecule has 0 spiro atoms. The quantitative estimate of drug-likeness (QED) is 0.921. The molecular weight excluding hydrogens is 250 g/mol. The van der Waals surface area contributed by atoms with Crippen LogP contribution in [0, 0.1) is 0 Å². The van der Waals surface area contributed by atoms with Gasteiger partial charge < -0.3 is 10.2 Å². The molecule has 1 N–H and O–H groups in total. The van der Waals surface area contributed by atoms with Gasteiger partial charge in [-0.2, -0.15) is 0 Å². The second-order valence-electron chi connectivity index (χ2n) is 4.40. The van der Waals surface area contributed by atoms with Gasteiger partial charge in [-0.05, 0) is 26.0 Å². The molecule has 1 heterocycles. The van der Waals surface area contributed by atoms with Gasteiger partial charge in [0.15, 0.2) is 0 Å². The van der Waals surface area contributed by atoms with Crippen LogP contribution >= 0.6 is 0 Å². The van der Waals surface area contributed by atoms with Gasteiger partial charge in [0.25, 0.3) is 0 Å². The van der Waals surface area contributed by atoms with Gasteiger partial charge in [-0.25, -0.2) is 4.79 Å². The number of carbonyl (C=O) groups excluding carboxylic acids is 1. The van der Waals surface area contributed by atoms with E-state index in [0.717, 1.165) is 11.3 Å². The SMILES string of the molecule is CCN(CC)C(=O)Nc1ccc(-c2ccccc2)nc1. The summed E-state index contributed by atoms with van der Waals surface area (Å²) in [7, 11) is 0. The Morgan fingerprint density at radius 2 is 1.80 bits per heavy atom. The molecule has 1 aromatic heterocycles. The summed E-state index contributed by atoms with van der Waals surface area (Å²) in [5.41, 5.74) is 2.67. The minimum atomic E-state index is -0.0933. The van der Waals surface area contributed by atoms with Crippen LogP contribution in [0.2, 0.25) is 0 Å². The molecular formula is C16H19N3O. The molecule has 0 bridgehead atoms. The van der Waals surface area contributed by atoms with Crippen molar-refractivity contribution in [1.82, 2.24) is 9.88 Å². The maximum Gasteiger partial charge on any atom is 0.321 e. The number of hydrogen-bond donors (Lipinski definition) is 1. The average molecular weight is 269 g/mol. The maximum absolute atomic E-state index is 11.9. The molecule has 0 fully saturated rings. The molecule has 0 saturated heterocycles. The van der Waals surface area contributed by atoms with E-state index in [0.29, 0.717) is 18.8 Å². The minimum absolute atomic E-state index is 0.0933. The van der Waals surface area contributed by atoms with Crippen LogP contribution in [-0.4, -0.2) is 29.0 Å².